The molecule has 4 heteroatoms. The third-order valence-electron chi connectivity index (χ3n) is 4.05. The van der Waals surface area contributed by atoms with E-state index in [1.165, 1.54) is 0 Å². The molecule has 16 heavy (non-hydrogen) atoms. The van der Waals surface area contributed by atoms with Gasteiger partial charge in [-0.25, -0.2) is 0 Å². The molecule has 1 aromatic heterocycles. The van der Waals surface area contributed by atoms with Crippen LogP contribution in [-0.4, -0.2) is 29.0 Å². The van der Waals surface area contributed by atoms with Crippen LogP contribution >= 0.6 is 0 Å². The van der Waals surface area contributed by atoms with Crippen molar-refractivity contribution in [3.05, 3.63) is 12.4 Å². The van der Waals surface area contributed by atoms with Gasteiger partial charge in [0.15, 0.2) is 5.75 Å². The third kappa shape index (κ3) is 1.71. The predicted molar refractivity (Wildman–Crippen MR) is 63.5 cm³/mol. The smallest absolute Gasteiger partial charge is 0.157 e. The van der Waals surface area contributed by atoms with Gasteiger partial charge in [0.25, 0.3) is 0 Å². The van der Waals surface area contributed by atoms with Crippen LogP contribution in [0, 0.1) is 5.41 Å². The van der Waals surface area contributed by atoms with Crippen LogP contribution in [0.3, 0.4) is 0 Å². The second-order valence-electron chi connectivity index (χ2n) is 4.89. The molecule has 0 saturated heterocycles. The standard InChI is InChI=1S/C12H21N3O/c1-5-12(2)10(13-3)6-11(12)16-9-7-14-15(4)8-9/h7-8,10-11,13H,5-6H2,1-4H3. The average Bonchev–Trinajstić information content (AvgIpc) is 2.68. The molecule has 0 aromatic carbocycles. The van der Waals surface area contributed by atoms with Crippen molar-refractivity contribution >= 4 is 0 Å². The highest BCUT2D eigenvalue weighted by atomic mass is 16.5. The Hall–Kier alpha value is -1.03. The molecule has 1 aromatic rings. The van der Waals surface area contributed by atoms with Crippen molar-refractivity contribution in [1.29, 1.82) is 0 Å². The molecule has 1 N–H and O–H groups in total. The van der Waals surface area contributed by atoms with Crippen LogP contribution in [0.15, 0.2) is 12.4 Å². The van der Waals surface area contributed by atoms with Crippen molar-refractivity contribution in [3.8, 4) is 5.75 Å². The van der Waals surface area contributed by atoms with E-state index in [2.05, 4.69) is 24.3 Å². The molecule has 0 amide bonds. The number of nitrogens with zero attached hydrogens (tertiary/aromatic N) is 2. The second kappa shape index (κ2) is 4.09. The molecular formula is C12H21N3O. The average molecular weight is 223 g/mol. The molecule has 90 valence electrons. The van der Waals surface area contributed by atoms with Crippen molar-refractivity contribution in [2.75, 3.05) is 7.05 Å². The summed E-state index contributed by atoms with van der Waals surface area (Å²) in [5, 5.41) is 7.48. The Morgan fingerprint density at radius 3 is 2.94 bits per heavy atom. The molecule has 1 aliphatic rings. The van der Waals surface area contributed by atoms with E-state index in [4.69, 9.17) is 4.74 Å². The number of ether oxygens (including phenoxy) is 1. The Labute approximate surface area is 97.0 Å². The fraction of sp³-hybridized carbons (Fsp3) is 0.750. The minimum absolute atomic E-state index is 0.241. The summed E-state index contributed by atoms with van der Waals surface area (Å²) in [5.74, 6) is 0.877. The van der Waals surface area contributed by atoms with Gasteiger partial charge in [-0.15, -0.1) is 0 Å². The van der Waals surface area contributed by atoms with E-state index in [0.717, 1.165) is 18.6 Å². The lowest BCUT2D eigenvalue weighted by molar-refractivity contribution is -0.0677. The molecule has 1 saturated carbocycles. The van der Waals surface area contributed by atoms with Crippen LogP contribution in [0.1, 0.15) is 26.7 Å². The van der Waals surface area contributed by atoms with Crippen molar-refractivity contribution in [2.45, 2.75) is 38.8 Å². The largest absolute Gasteiger partial charge is 0.486 e. The summed E-state index contributed by atoms with van der Waals surface area (Å²) in [7, 11) is 3.93. The van der Waals surface area contributed by atoms with Crippen LogP contribution < -0.4 is 10.1 Å². The number of nitrogens with one attached hydrogen (secondary N) is 1. The van der Waals surface area contributed by atoms with Gasteiger partial charge in [0, 0.05) is 24.9 Å². The Morgan fingerprint density at radius 2 is 2.44 bits per heavy atom. The zero-order valence-corrected chi connectivity index (χ0v) is 10.5. The molecule has 3 unspecified atom stereocenters. The predicted octanol–water partition coefficient (Wildman–Crippen LogP) is 1.58. The van der Waals surface area contributed by atoms with Gasteiger partial charge >= 0.3 is 0 Å². The van der Waals surface area contributed by atoms with Gasteiger partial charge in [0.2, 0.25) is 0 Å². The maximum absolute atomic E-state index is 5.99. The first-order chi connectivity index (χ1) is 7.60. The highest BCUT2D eigenvalue weighted by Gasteiger charge is 2.51. The van der Waals surface area contributed by atoms with E-state index in [0.29, 0.717) is 12.1 Å². The SMILES string of the molecule is CCC1(C)C(NC)CC1Oc1cnn(C)c1. The molecule has 0 aliphatic heterocycles. The van der Waals surface area contributed by atoms with E-state index in [9.17, 15) is 0 Å². The highest BCUT2D eigenvalue weighted by molar-refractivity contribution is 5.15. The third-order valence-corrected chi connectivity index (χ3v) is 4.05. The molecule has 0 bridgehead atoms. The van der Waals surface area contributed by atoms with Gasteiger partial charge < -0.3 is 10.1 Å². The van der Waals surface area contributed by atoms with E-state index in [-0.39, 0.29) is 5.41 Å². The summed E-state index contributed by atoms with van der Waals surface area (Å²) in [6, 6.07) is 0.569. The topological polar surface area (TPSA) is 39.1 Å². The first-order valence-electron chi connectivity index (χ1n) is 5.92. The number of hydrogen-bond donors (Lipinski definition) is 1. The van der Waals surface area contributed by atoms with Gasteiger partial charge in [-0.1, -0.05) is 13.8 Å². The fourth-order valence-corrected chi connectivity index (χ4v) is 2.54. The van der Waals surface area contributed by atoms with Gasteiger partial charge in [-0.2, -0.15) is 5.10 Å². The van der Waals surface area contributed by atoms with Crippen LogP contribution in [-0.2, 0) is 7.05 Å². The molecule has 1 aliphatic carbocycles. The van der Waals surface area contributed by atoms with Gasteiger partial charge in [0.1, 0.15) is 6.10 Å². The Kier molecular flexibility index (Phi) is 2.93. The Bertz CT molecular complexity index is 363. The maximum atomic E-state index is 5.99. The number of aromatic nitrogens is 2. The lowest BCUT2D eigenvalue weighted by Gasteiger charge is -2.53. The quantitative estimate of drug-likeness (QED) is 0.842. The maximum Gasteiger partial charge on any atom is 0.157 e. The molecule has 0 spiro atoms. The lowest BCUT2D eigenvalue weighted by atomic mass is 9.61. The molecule has 0 radical (unpaired) electrons. The first-order valence-corrected chi connectivity index (χ1v) is 5.92. The second-order valence-corrected chi connectivity index (χ2v) is 4.89. The summed E-state index contributed by atoms with van der Waals surface area (Å²) < 4.78 is 7.76. The van der Waals surface area contributed by atoms with Crippen LogP contribution in [0.2, 0.25) is 0 Å². The molecule has 3 atom stereocenters. The van der Waals surface area contributed by atoms with Gasteiger partial charge in [-0.05, 0) is 13.5 Å². The van der Waals surface area contributed by atoms with Gasteiger partial charge in [0.05, 0.1) is 12.4 Å². The van der Waals surface area contributed by atoms with Crippen molar-refractivity contribution < 1.29 is 4.74 Å². The minimum atomic E-state index is 0.241. The van der Waals surface area contributed by atoms with Gasteiger partial charge in [-0.3, -0.25) is 4.68 Å². The van der Waals surface area contributed by atoms with E-state index in [1.807, 2.05) is 20.3 Å². The summed E-state index contributed by atoms with van der Waals surface area (Å²) in [4.78, 5) is 0. The first kappa shape index (κ1) is 11.5. The zero-order chi connectivity index (χ0) is 11.8. The summed E-state index contributed by atoms with van der Waals surface area (Å²) in [6.07, 6.45) is 6.21. The van der Waals surface area contributed by atoms with Crippen molar-refractivity contribution in [2.24, 2.45) is 12.5 Å². The van der Waals surface area contributed by atoms with Crippen LogP contribution in [0.5, 0.6) is 5.75 Å². The molecule has 4 nitrogen and oxygen atoms in total. The number of hydrogen-bond acceptors (Lipinski definition) is 3. The number of aryl methyl sites for hydroxylation is 1. The minimum Gasteiger partial charge on any atom is -0.486 e. The van der Waals surface area contributed by atoms with E-state index < -0.39 is 0 Å². The van der Waals surface area contributed by atoms with Crippen LogP contribution in [0.4, 0.5) is 0 Å². The highest BCUT2D eigenvalue weighted by Crippen LogP contribution is 2.45. The zero-order valence-electron chi connectivity index (χ0n) is 10.5. The summed E-state index contributed by atoms with van der Waals surface area (Å²) in [6.45, 7) is 4.52. The molecule has 1 fully saturated rings. The summed E-state index contributed by atoms with van der Waals surface area (Å²) in [5.41, 5.74) is 0.241. The van der Waals surface area contributed by atoms with Crippen molar-refractivity contribution in [1.82, 2.24) is 15.1 Å². The fourth-order valence-electron chi connectivity index (χ4n) is 2.54. The Morgan fingerprint density at radius 1 is 1.69 bits per heavy atom. The molecular weight excluding hydrogens is 202 g/mol. The van der Waals surface area contributed by atoms with E-state index in [1.54, 1.807) is 10.9 Å². The number of rotatable bonds is 4. The normalized spacial score (nSPS) is 33.5. The lowest BCUT2D eigenvalue weighted by Crippen LogP contribution is -2.62. The molecule has 2 rings (SSSR count). The van der Waals surface area contributed by atoms with Crippen LogP contribution in [0.25, 0.3) is 0 Å². The Balaban J connectivity index is 2.02. The van der Waals surface area contributed by atoms with E-state index >= 15 is 0 Å². The summed E-state index contributed by atoms with van der Waals surface area (Å²) >= 11 is 0. The molecule has 1 heterocycles. The monoisotopic (exact) mass is 223 g/mol. The van der Waals surface area contributed by atoms with Crippen molar-refractivity contribution in [3.63, 3.8) is 0 Å².